The Morgan fingerprint density at radius 2 is 1.95 bits per heavy atom. The van der Waals surface area contributed by atoms with E-state index in [-0.39, 0.29) is 5.82 Å². The topological polar surface area (TPSA) is 23.5 Å². The molecule has 21 heavy (non-hydrogen) atoms. The van der Waals surface area contributed by atoms with Gasteiger partial charge in [0.15, 0.2) is 0 Å². The molecule has 1 aromatic carbocycles. The molecular weight excluding hydrogens is 265 g/mol. The Morgan fingerprint density at radius 3 is 2.57 bits per heavy atom. The van der Waals surface area contributed by atoms with Gasteiger partial charge in [-0.05, 0) is 49.7 Å². The minimum absolute atomic E-state index is 0.306. The Kier molecular flexibility index (Phi) is 4.92. The highest BCUT2D eigenvalue weighted by atomic mass is 19.1. The molecular formula is C18H28FNO. The summed E-state index contributed by atoms with van der Waals surface area (Å²) in [6, 6.07) is 5.10. The highest BCUT2D eigenvalue weighted by Crippen LogP contribution is 2.37. The summed E-state index contributed by atoms with van der Waals surface area (Å²) in [4.78, 5) is 2.25. The average molecular weight is 293 g/mol. The molecule has 1 heterocycles. The summed E-state index contributed by atoms with van der Waals surface area (Å²) in [7, 11) is 0. The highest BCUT2D eigenvalue weighted by Gasteiger charge is 2.28. The Bertz CT molecular complexity index is 479. The van der Waals surface area contributed by atoms with Crippen molar-refractivity contribution in [2.75, 3.05) is 18.0 Å². The molecule has 1 aliphatic rings. The second kappa shape index (κ2) is 6.35. The summed E-state index contributed by atoms with van der Waals surface area (Å²) in [5, 5.41) is 9.90. The van der Waals surface area contributed by atoms with Crippen LogP contribution in [0.25, 0.3) is 0 Å². The van der Waals surface area contributed by atoms with E-state index in [9.17, 15) is 9.50 Å². The van der Waals surface area contributed by atoms with Crippen molar-refractivity contribution in [2.24, 2.45) is 11.3 Å². The van der Waals surface area contributed by atoms with Gasteiger partial charge in [-0.2, -0.15) is 0 Å². The lowest BCUT2D eigenvalue weighted by molar-refractivity contribution is 0.194. The first-order valence-electron chi connectivity index (χ1n) is 8.02. The van der Waals surface area contributed by atoms with Crippen LogP contribution in [0.3, 0.4) is 0 Å². The first-order chi connectivity index (χ1) is 9.80. The molecule has 2 rings (SSSR count). The Hall–Kier alpha value is -1.09. The predicted octanol–water partition coefficient (Wildman–Crippen LogP) is 4.53. The van der Waals surface area contributed by atoms with Gasteiger partial charge in [-0.1, -0.05) is 26.8 Å². The minimum Gasteiger partial charge on any atom is -0.389 e. The molecule has 1 N–H and O–H groups in total. The van der Waals surface area contributed by atoms with Crippen LogP contribution in [-0.4, -0.2) is 18.2 Å². The second-order valence-corrected chi connectivity index (χ2v) is 7.33. The lowest BCUT2D eigenvalue weighted by Gasteiger charge is -2.30. The van der Waals surface area contributed by atoms with Gasteiger partial charge in [-0.25, -0.2) is 4.39 Å². The molecule has 0 radical (unpaired) electrons. The van der Waals surface area contributed by atoms with Gasteiger partial charge in [0.2, 0.25) is 0 Å². The number of aliphatic hydroxyl groups is 1. The summed E-state index contributed by atoms with van der Waals surface area (Å²) >= 11 is 0. The number of nitrogens with zero attached hydrogens (tertiary/aromatic N) is 1. The van der Waals surface area contributed by atoms with Crippen LogP contribution in [0.5, 0.6) is 0 Å². The third kappa shape index (κ3) is 3.76. The Morgan fingerprint density at radius 1 is 1.24 bits per heavy atom. The highest BCUT2D eigenvalue weighted by molar-refractivity contribution is 5.55. The third-order valence-electron chi connectivity index (χ3n) is 4.74. The lowest BCUT2D eigenvalue weighted by Crippen LogP contribution is -2.27. The molecule has 118 valence electrons. The van der Waals surface area contributed by atoms with Crippen molar-refractivity contribution in [3.63, 3.8) is 0 Å². The van der Waals surface area contributed by atoms with E-state index < -0.39 is 6.10 Å². The van der Waals surface area contributed by atoms with Gasteiger partial charge in [0.25, 0.3) is 0 Å². The van der Waals surface area contributed by atoms with E-state index in [1.807, 2.05) is 6.07 Å². The van der Waals surface area contributed by atoms with Gasteiger partial charge in [-0.15, -0.1) is 0 Å². The molecule has 0 saturated carbocycles. The van der Waals surface area contributed by atoms with Crippen molar-refractivity contribution >= 4 is 5.69 Å². The predicted molar refractivity (Wildman–Crippen MR) is 86.0 cm³/mol. The number of anilines is 1. The maximum atomic E-state index is 14.0. The van der Waals surface area contributed by atoms with Crippen LogP contribution >= 0.6 is 0 Å². The summed E-state index contributed by atoms with van der Waals surface area (Å²) in [6.07, 6.45) is 2.69. The number of benzene rings is 1. The molecule has 2 atom stereocenters. The van der Waals surface area contributed by atoms with Gasteiger partial charge in [-0.3, -0.25) is 0 Å². The van der Waals surface area contributed by atoms with Crippen LogP contribution < -0.4 is 4.90 Å². The fraction of sp³-hybridized carbons (Fsp3) is 0.667. The molecule has 0 spiro atoms. The first-order valence-corrected chi connectivity index (χ1v) is 8.02. The summed E-state index contributed by atoms with van der Waals surface area (Å²) in [5.74, 6) is 0.394. The Labute approximate surface area is 128 Å². The van der Waals surface area contributed by atoms with E-state index in [1.165, 1.54) is 12.5 Å². The van der Waals surface area contributed by atoms with Gasteiger partial charge in [0.1, 0.15) is 5.82 Å². The number of hydrogen-bond acceptors (Lipinski definition) is 2. The zero-order valence-corrected chi connectivity index (χ0v) is 13.7. The zero-order chi connectivity index (χ0) is 15.6. The zero-order valence-electron chi connectivity index (χ0n) is 13.7. The van der Waals surface area contributed by atoms with Crippen molar-refractivity contribution in [2.45, 2.75) is 53.1 Å². The molecule has 1 saturated heterocycles. The third-order valence-corrected chi connectivity index (χ3v) is 4.74. The van der Waals surface area contributed by atoms with Gasteiger partial charge in [0, 0.05) is 24.3 Å². The summed E-state index contributed by atoms with van der Waals surface area (Å²) in [6.45, 7) is 10.4. The van der Waals surface area contributed by atoms with Crippen molar-refractivity contribution in [1.29, 1.82) is 0 Å². The monoisotopic (exact) mass is 293 g/mol. The summed E-state index contributed by atoms with van der Waals surface area (Å²) in [5.41, 5.74) is 1.62. The first kappa shape index (κ1) is 16.3. The Balaban J connectivity index is 2.22. The SMILES string of the molecule is CC(O)c1c(F)cccc1N1CCCC(C(C)(C)C)CC1. The van der Waals surface area contributed by atoms with E-state index in [1.54, 1.807) is 13.0 Å². The van der Waals surface area contributed by atoms with Crippen LogP contribution in [0.2, 0.25) is 0 Å². The quantitative estimate of drug-likeness (QED) is 0.866. The lowest BCUT2D eigenvalue weighted by atomic mass is 9.77. The van der Waals surface area contributed by atoms with E-state index in [0.717, 1.165) is 31.6 Å². The molecule has 0 bridgehead atoms. The molecule has 2 nitrogen and oxygen atoms in total. The normalized spacial score (nSPS) is 22.0. The van der Waals surface area contributed by atoms with Crippen molar-refractivity contribution in [1.82, 2.24) is 0 Å². The molecule has 0 amide bonds. The van der Waals surface area contributed by atoms with Gasteiger partial charge < -0.3 is 10.0 Å². The van der Waals surface area contributed by atoms with Crippen LogP contribution in [0.15, 0.2) is 18.2 Å². The molecule has 0 aromatic heterocycles. The number of rotatable bonds is 2. The molecule has 3 heteroatoms. The van der Waals surface area contributed by atoms with Crippen LogP contribution in [-0.2, 0) is 0 Å². The van der Waals surface area contributed by atoms with Crippen molar-refractivity contribution in [3.05, 3.63) is 29.6 Å². The number of hydrogen-bond donors (Lipinski definition) is 1. The van der Waals surface area contributed by atoms with Crippen LogP contribution in [0, 0.1) is 17.2 Å². The van der Waals surface area contributed by atoms with Crippen molar-refractivity contribution < 1.29 is 9.50 Å². The van der Waals surface area contributed by atoms with E-state index in [0.29, 0.717) is 16.9 Å². The number of halogens is 1. The maximum absolute atomic E-state index is 14.0. The smallest absolute Gasteiger partial charge is 0.131 e. The van der Waals surface area contributed by atoms with Crippen LogP contribution in [0.4, 0.5) is 10.1 Å². The molecule has 1 fully saturated rings. The largest absolute Gasteiger partial charge is 0.389 e. The molecule has 1 aliphatic heterocycles. The summed E-state index contributed by atoms with van der Waals surface area (Å²) < 4.78 is 14.0. The van der Waals surface area contributed by atoms with Crippen molar-refractivity contribution in [3.8, 4) is 0 Å². The van der Waals surface area contributed by atoms with Gasteiger partial charge in [0.05, 0.1) is 6.10 Å². The fourth-order valence-electron chi connectivity index (χ4n) is 3.42. The van der Waals surface area contributed by atoms with E-state index >= 15 is 0 Å². The minimum atomic E-state index is -0.775. The molecule has 2 unspecified atom stereocenters. The van der Waals surface area contributed by atoms with Crippen LogP contribution in [0.1, 0.15) is 58.6 Å². The standard InChI is InChI=1S/C18H28FNO/c1-13(21)17-15(19)8-5-9-16(17)20-11-6-7-14(10-12-20)18(2,3)4/h5,8-9,13-14,21H,6-7,10-12H2,1-4H3. The maximum Gasteiger partial charge on any atom is 0.131 e. The van der Waals surface area contributed by atoms with E-state index in [4.69, 9.17) is 0 Å². The molecule has 1 aromatic rings. The van der Waals surface area contributed by atoms with Gasteiger partial charge >= 0.3 is 0 Å². The molecule has 0 aliphatic carbocycles. The average Bonchev–Trinajstić information content (AvgIpc) is 2.63. The van der Waals surface area contributed by atoms with E-state index in [2.05, 4.69) is 25.7 Å². The number of aliphatic hydroxyl groups excluding tert-OH is 1. The fourth-order valence-corrected chi connectivity index (χ4v) is 3.42. The second-order valence-electron chi connectivity index (χ2n) is 7.33.